The van der Waals surface area contributed by atoms with Crippen molar-refractivity contribution in [1.29, 1.82) is 0 Å². The molecule has 4 heteroatoms. The van der Waals surface area contributed by atoms with E-state index in [9.17, 15) is 4.79 Å². The summed E-state index contributed by atoms with van der Waals surface area (Å²) in [6, 6.07) is 27.6. The van der Waals surface area contributed by atoms with Crippen LogP contribution in [0.5, 0.6) is 0 Å². The third-order valence-corrected chi connectivity index (χ3v) is 4.97. The molecule has 0 atom stereocenters. The van der Waals surface area contributed by atoms with E-state index in [0.29, 0.717) is 13.2 Å². The molecular formula is C24H20INO2. The monoisotopic (exact) mass is 481 g/mol. The molecule has 0 spiro atoms. The van der Waals surface area contributed by atoms with Crippen molar-refractivity contribution in [1.82, 2.24) is 0 Å². The van der Waals surface area contributed by atoms with Gasteiger partial charge in [-0.05, 0) is 51.8 Å². The van der Waals surface area contributed by atoms with E-state index >= 15 is 0 Å². The highest BCUT2D eigenvalue weighted by Gasteiger charge is 2.16. The van der Waals surface area contributed by atoms with Gasteiger partial charge in [-0.25, -0.2) is 0 Å². The van der Waals surface area contributed by atoms with E-state index in [1.54, 1.807) is 4.90 Å². The maximum Gasteiger partial charge on any atom is 0.303 e. The number of hydrogen-bond acceptors (Lipinski definition) is 2. The maximum absolute atomic E-state index is 12.8. The summed E-state index contributed by atoms with van der Waals surface area (Å²) in [4.78, 5) is 14.5. The Morgan fingerprint density at radius 2 is 1.46 bits per heavy atom. The molecule has 0 aliphatic heterocycles. The molecule has 0 radical (unpaired) electrons. The SMILES string of the molecule is O=C(C#CCOCc1ccccc1)N(Cc1ccccc1)c1ccccc1I. The molecule has 0 fully saturated rings. The van der Waals surface area contributed by atoms with Crippen molar-refractivity contribution >= 4 is 34.2 Å². The lowest BCUT2D eigenvalue weighted by Gasteiger charge is -2.21. The van der Waals surface area contributed by atoms with Gasteiger partial charge < -0.3 is 4.74 Å². The number of rotatable bonds is 6. The van der Waals surface area contributed by atoms with Crippen molar-refractivity contribution in [3.8, 4) is 11.8 Å². The van der Waals surface area contributed by atoms with Gasteiger partial charge in [-0.2, -0.15) is 0 Å². The molecule has 0 unspecified atom stereocenters. The molecule has 0 saturated heterocycles. The van der Waals surface area contributed by atoms with Crippen LogP contribution in [0.2, 0.25) is 0 Å². The van der Waals surface area contributed by atoms with Gasteiger partial charge in [0.05, 0.1) is 18.8 Å². The molecule has 140 valence electrons. The van der Waals surface area contributed by atoms with Gasteiger partial charge in [0.15, 0.2) is 0 Å². The van der Waals surface area contributed by atoms with Crippen molar-refractivity contribution < 1.29 is 9.53 Å². The first-order chi connectivity index (χ1) is 13.7. The Balaban J connectivity index is 1.68. The zero-order chi connectivity index (χ0) is 19.6. The highest BCUT2D eigenvalue weighted by Crippen LogP contribution is 2.24. The third-order valence-electron chi connectivity index (χ3n) is 4.05. The van der Waals surface area contributed by atoms with Crippen molar-refractivity contribution in [2.24, 2.45) is 0 Å². The minimum Gasteiger partial charge on any atom is -0.364 e. The summed E-state index contributed by atoms with van der Waals surface area (Å²) in [6.07, 6.45) is 0. The quantitative estimate of drug-likeness (QED) is 0.281. The molecule has 3 rings (SSSR count). The second kappa shape index (κ2) is 10.6. The van der Waals surface area contributed by atoms with E-state index in [4.69, 9.17) is 4.74 Å². The van der Waals surface area contributed by atoms with Gasteiger partial charge in [0.2, 0.25) is 0 Å². The lowest BCUT2D eigenvalue weighted by molar-refractivity contribution is -0.113. The molecular weight excluding hydrogens is 461 g/mol. The van der Waals surface area contributed by atoms with E-state index in [-0.39, 0.29) is 12.5 Å². The Hall–Kier alpha value is -2.62. The summed E-state index contributed by atoms with van der Waals surface area (Å²) in [5, 5.41) is 0. The fraction of sp³-hybridized carbons (Fsp3) is 0.125. The minimum atomic E-state index is -0.240. The fourth-order valence-corrected chi connectivity index (χ4v) is 3.35. The van der Waals surface area contributed by atoms with Gasteiger partial charge in [0.1, 0.15) is 6.61 Å². The average Bonchev–Trinajstić information content (AvgIpc) is 2.74. The van der Waals surface area contributed by atoms with Crippen LogP contribution in [0.4, 0.5) is 5.69 Å². The number of halogens is 1. The Labute approximate surface area is 179 Å². The predicted molar refractivity (Wildman–Crippen MR) is 121 cm³/mol. The molecule has 0 N–H and O–H groups in total. The molecule has 1 amide bonds. The van der Waals surface area contributed by atoms with Crippen LogP contribution >= 0.6 is 22.6 Å². The summed E-state index contributed by atoms with van der Waals surface area (Å²) >= 11 is 2.24. The largest absolute Gasteiger partial charge is 0.364 e. The van der Waals surface area contributed by atoms with Crippen molar-refractivity contribution in [3.63, 3.8) is 0 Å². The molecule has 3 aromatic carbocycles. The van der Waals surface area contributed by atoms with Gasteiger partial charge in [-0.3, -0.25) is 9.69 Å². The molecule has 3 nitrogen and oxygen atoms in total. The zero-order valence-electron chi connectivity index (χ0n) is 15.3. The third kappa shape index (κ3) is 5.95. The highest BCUT2D eigenvalue weighted by molar-refractivity contribution is 14.1. The van der Waals surface area contributed by atoms with Crippen molar-refractivity contribution in [2.45, 2.75) is 13.2 Å². The van der Waals surface area contributed by atoms with Crippen LogP contribution < -0.4 is 4.90 Å². The normalized spacial score (nSPS) is 10.0. The van der Waals surface area contributed by atoms with E-state index in [0.717, 1.165) is 20.4 Å². The smallest absolute Gasteiger partial charge is 0.303 e. The van der Waals surface area contributed by atoms with Gasteiger partial charge in [-0.1, -0.05) is 78.7 Å². The van der Waals surface area contributed by atoms with Gasteiger partial charge in [-0.15, -0.1) is 0 Å². The second-order valence-corrected chi connectivity index (χ2v) is 7.27. The Bertz CT molecular complexity index is 962. The van der Waals surface area contributed by atoms with Crippen LogP contribution in [0.25, 0.3) is 0 Å². The Morgan fingerprint density at radius 3 is 2.14 bits per heavy atom. The Morgan fingerprint density at radius 1 is 0.857 bits per heavy atom. The molecule has 0 saturated carbocycles. The number of ether oxygens (including phenoxy) is 1. The van der Waals surface area contributed by atoms with Gasteiger partial charge >= 0.3 is 5.91 Å². The van der Waals surface area contributed by atoms with E-state index < -0.39 is 0 Å². The molecule has 3 aromatic rings. The summed E-state index contributed by atoms with van der Waals surface area (Å²) in [5.74, 6) is 5.33. The van der Waals surface area contributed by atoms with Crippen LogP contribution in [0.1, 0.15) is 11.1 Å². The topological polar surface area (TPSA) is 29.5 Å². The van der Waals surface area contributed by atoms with Crippen LogP contribution in [0.15, 0.2) is 84.9 Å². The average molecular weight is 481 g/mol. The van der Waals surface area contributed by atoms with Crippen molar-refractivity contribution in [3.05, 3.63) is 99.6 Å². The number of para-hydroxylation sites is 1. The summed E-state index contributed by atoms with van der Waals surface area (Å²) in [6.45, 7) is 1.17. The van der Waals surface area contributed by atoms with Gasteiger partial charge in [0.25, 0.3) is 0 Å². The summed E-state index contributed by atoms with van der Waals surface area (Å²) in [7, 11) is 0. The zero-order valence-corrected chi connectivity index (χ0v) is 17.5. The molecule has 0 heterocycles. The number of carbonyl (C=O) groups is 1. The summed E-state index contributed by atoms with van der Waals surface area (Å²) < 4.78 is 6.56. The van der Waals surface area contributed by atoms with Gasteiger partial charge in [0, 0.05) is 3.57 Å². The van der Waals surface area contributed by atoms with Crippen LogP contribution in [-0.2, 0) is 22.7 Å². The van der Waals surface area contributed by atoms with Crippen molar-refractivity contribution in [2.75, 3.05) is 11.5 Å². The number of anilines is 1. The molecule has 0 aliphatic carbocycles. The molecule has 0 bridgehead atoms. The van der Waals surface area contributed by atoms with Crippen LogP contribution in [-0.4, -0.2) is 12.5 Å². The first kappa shape index (κ1) is 20.1. The first-order valence-corrected chi connectivity index (χ1v) is 10.0. The van der Waals surface area contributed by atoms with Crippen LogP contribution in [0, 0.1) is 15.4 Å². The second-order valence-electron chi connectivity index (χ2n) is 6.11. The maximum atomic E-state index is 12.8. The highest BCUT2D eigenvalue weighted by atomic mass is 127. The minimum absolute atomic E-state index is 0.214. The molecule has 28 heavy (non-hydrogen) atoms. The van der Waals surface area contributed by atoms with E-state index in [1.165, 1.54) is 0 Å². The molecule has 0 aliphatic rings. The number of amides is 1. The number of nitrogens with zero attached hydrogens (tertiary/aromatic N) is 1. The lowest BCUT2D eigenvalue weighted by atomic mass is 10.2. The number of hydrogen-bond donors (Lipinski definition) is 0. The molecule has 0 aromatic heterocycles. The fourth-order valence-electron chi connectivity index (χ4n) is 2.68. The number of benzene rings is 3. The number of carbonyl (C=O) groups excluding carboxylic acids is 1. The Kier molecular flexibility index (Phi) is 7.65. The summed E-state index contributed by atoms with van der Waals surface area (Å²) in [5.41, 5.74) is 2.99. The predicted octanol–water partition coefficient (Wildman–Crippen LogP) is 5.04. The first-order valence-electron chi connectivity index (χ1n) is 8.94. The standard InChI is InChI=1S/C24H20INO2/c25-22-14-7-8-15-23(22)26(18-20-10-3-1-4-11-20)24(27)16-9-17-28-19-21-12-5-2-6-13-21/h1-8,10-15H,17-19H2. The lowest BCUT2D eigenvalue weighted by Crippen LogP contribution is -2.29. The van der Waals surface area contributed by atoms with E-state index in [1.807, 2.05) is 84.9 Å². The van der Waals surface area contributed by atoms with E-state index in [2.05, 4.69) is 34.4 Å². The van der Waals surface area contributed by atoms with Crippen LogP contribution in [0.3, 0.4) is 0 Å².